The minimum Gasteiger partial charge on any atom is -0.507 e. The highest BCUT2D eigenvalue weighted by Gasteiger charge is 2.41. The number of amides is 1. The highest BCUT2D eigenvalue weighted by atomic mass is 16.5. The molecule has 0 atom stereocenters. The first-order chi connectivity index (χ1) is 11.5. The van der Waals surface area contributed by atoms with E-state index >= 15 is 0 Å². The summed E-state index contributed by atoms with van der Waals surface area (Å²) in [7, 11) is 1.31. The summed E-state index contributed by atoms with van der Waals surface area (Å²) in [4.78, 5) is 27.0. The quantitative estimate of drug-likeness (QED) is 0.684. The molecule has 0 spiro atoms. The van der Waals surface area contributed by atoms with Crippen molar-refractivity contribution < 1.29 is 19.4 Å². The summed E-state index contributed by atoms with van der Waals surface area (Å²) in [6, 6.07) is 6.87. The van der Waals surface area contributed by atoms with Crippen LogP contribution in [0.2, 0.25) is 0 Å². The lowest BCUT2D eigenvalue weighted by atomic mass is 10.0. The molecular weight excluding hydrogens is 306 g/mol. The lowest BCUT2D eigenvalue weighted by molar-refractivity contribution is -0.136. The van der Waals surface area contributed by atoms with Gasteiger partial charge in [-0.15, -0.1) is 0 Å². The van der Waals surface area contributed by atoms with Gasteiger partial charge >= 0.3 is 5.97 Å². The Hall–Kier alpha value is -2.56. The zero-order valence-electron chi connectivity index (χ0n) is 13.9. The second-order valence-electron chi connectivity index (χ2n) is 6.18. The third kappa shape index (κ3) is 2.70. The summed E-state index contributed by atoms with van der Waals surface area (Å²) in [5, 5.41) is 9.98. The molecule has 0 bridgehead atoms. The zero-order valence-corrected chi connectivity index (χ0v) is 13.9. The normalized spacial score (nSPS) is 20.3. The highest BCUT2D eigenvalue weighted by molar-refractivity contribution is 6.16. The van der Waals surface area contributed by atoms with Crippen molar-refractivity contribution >= 4 is 18.0 Å². The molecule has 0 radical (unpaired) electrons. The second kappa shape index (κ2) is 6.51. The number of phenolic OH excluding ortho intramolecular Hbond substituents is 1. The summed E-state index contributed by atoms with van der Waals surface area (Å²) >= 11 is 0. The molecule has 1 fully saturated rings. The van der Waals surface area contributed by atoms with Gasteiger partial charge in [0, 0.05) is 17.3 Å². The van der Waals surface area contributed by atoms with E-state index in [0.717, 1.165) is 25.7 Å². The van der Waals surface area contributed by atoms with Gasteiger partial charge in [0.2, 0.25) is 0 Å². The van der Waals surface area contributed by atoms with Crippen LogP contribution < -0.4 is 0 Å². The van der Waals surface area contributed by atoms with E-state index in [9.17, 15) is 14.7 Å². The number of benzene rings is 1. The summed E-state index contributed by atoms with van der Waals surface area (Å²) in [5.74, 6) is -0.648. The Morgan fingerprint density at radius 2 is 1.96 bits per heavy atom. The molecule has 1 N–H and O–H groups in total. The van der Waals surface area contributed by atoms with Gasteiger partial charge in [-0.1, -0.05) is 31.0 Å². The number of esters is 1. The van der Waals surface area contributed by atoms with Crippen LogP contribution in [0.4, 0.5) is 0 Å². The van der Waals surface area contributed by atoms with E-state index in [4.69, 9.17) is 4.74 Å². The molecule has 1 aliphatic heterocycles. The van der Waals surface area contributed by atoms with Crippen molar-refractivity contribution in [1.29, 1.82) is 0 Å². The lowest BCUT2D eigenvalue weighted by Gasteiger charge is -2.25. The largest absolute Gasteiger partial charge is 0.507 e. The summed E-state index contributed by atoms with van der Waals surface area (Å²) in [6.07, 6.45) is 5.65. The zero-order chi connectivity index (χ0) is 17.3. The monoisotopic (exact) mass is 327 g/mol. The van der Waals surface area contributed by atoms with E-state index in [-0.39, 0.29) is 28.8 Å². The van der Waals surface area contributed by atoms with Crippen molar-refractivity contribution in [3.8, 4) is 5.75 Å². The van der Waals surface area contributed by atoms with Crippen LogP contribution in [-0.4, -0.2) is 35.0 Å². The molecular formula is C19H21NO4. The molecule has 24 heavy (non-hydrogen) atoms. The number of phenols is 1. The Morgan fingerprint density at radius 1 is 1.29 bits per heavy atom. The SMILES string of the molecule is COC(=O)C1=C(C)N(C2CCCC2)C(=O)C1=Cc1ccccc1O. The lowest BCUT2D eigenvalue weighted by Crippen LogP contribution is -2.34. The van der Waals surface area contributed by atoms with Crippen molar-refractivity contribution in [2.75, 3.05) is 7.11 Å². The minimum absolute atomic E-state index is 0.0685. The van der Waals surface area contributed by atoms with Gasteiger partial charge in [-0.3, -0.25) is 4.79 Å². The van der Waals surface area contributed by atoms with E-state index in [0.29, 0.717) is 11.3 Å². The first kappa shape index (κ1) is 16.3. The van der Waals surface area contributed by atoms with E-state index in [2.05, 4.69) is 0 Å². The van der Waals surface area contributed by atoms with Gasteiger partial charge in [0.05, 0.1) is 18.3 Å². The average molecular weight is 327 g/mol. The van der Waals surface area contributed by atoms with Gasteiger partial charge in [-0.2, -0.15) is 0 Å². The number of allylic oxidation sites excluding steroid dienone is 1. The number of carbonyl (C=O) groups is 2. The fraction of sp³-hybridized carbons (Fsp3) is 0.368. The van der Waals surface area contributed by atoms with Crippen LogP contribution in [0.1, 0.15) is 38.2 Å². The van der Waals surface area contributed by atoms with Gasteiger partial charge in [0.15, 0.2) is 0 Å². The number of rotatable bonds is 3. The molecule has 1 aliphatic carbocycles. The number of methoxy groups -OCH3 is 1. The van der Waals surface area contributed by atoms with Gasteiger partial charge in [-0.05, 0) is 31.9 Å². The molecule has 1 aromatic rings. The minimum atomic E-state index is -0.525. The van der Waals surface area contributed by atoms with Crippen LogP contribution in [0.15, 0.2) is 41.1 Å². The maximum Gasteiger partial charge on any atom is 0.340 e. The van der Waals surface area contributed by atoms with Crippen molar-refractivity contribution in [3.05, 3.63) is 46.7 Å². The Kier molecular flexibility index (Phi) is 4.42. The van der Waals surface area contributed by atoms with Crippen LogP contribution >= 0.6 is 0 Å². The topological polar surface area (TPSA) is 66.8 Å². The maximum absolute atomic E-state index is 13.0. The van der Waals surface area contributed by atoms with E-state index in [1.165, 1.54) is 7.11 Å². The summed E-state index contributed by atoms with van der Waals surface area (Å²) in [5.41, 5.74) is 1.72. The number of aromatic hydroxyl groups is 1. The molecule has 126 valence electrons. The third-order valence-corrected chi connectivity index (χ3v) is 4.76. The summed E-state index contributed by atoms with van der Waals surface area (Å²) in [6.45, 7) is 1.79. The number of hydrogen-bond donors (Lipinski definition) is 1. The fourth-order valence-electron chi connectivity index (χ4n) is 3.57. The molecule has 1 heterocycles. The predicted octanol–water partition coefficient (Wildman–Crippen LogP) is 3.01. The molecule has 5 nitrogen and oxygen atoms in total. The molecule has 2 aliphatic rings. The van der Waals surface area contributed by atoms with E-state index < -0.39 is 5.97 Å². The van der Waals surface area contributed by atoms with Crippen molar-refractivity contribution in [1.82, 2.24) is 4.90 Å². The van der Waals surface area contributed by atoms with Gasteiger partial charge < -0.3 is 14.7 Å². The van der Waals surface area contributed by atoms with Crippen LogP contribution in [0.3, 0.4) is 0 Å². The average Bonchev–Trinajstić information content (AvgIpc) is 3.16. The second-order valence-corrected chi connectivity index (χ2v) is 6.18. The van der Waals surface area contributed by atoms with Gasteiger partial charge in [0.25, 0.3) is 5.91 Å². The Labute approximate surface area is 141 Å². The van der Waals surface area contributed by atoms with Crippen molar-refractivity contribution in [2.45, 2.75) is 38.6 Å². The summed E-state index contributed by atoms with van der Waals surface area (Å²) < 4.78 is 4.88. The third-order valence-electron chi connectivity index (χ3n) is 4.76. The maximum atomic E-state index is 13.0. The molecule has 0 unspecified atom stereocenters. The van der Waals surface area contributed by atoms with Crippen LogP contribution in [0.5, 0.6) is 5.75 Å². The Morgan fingerprint density at radius 3 is 2.58 bits per heavy atom. The van der Waals surface area contributed by atoms with E-state index in [1.54, 1.807) is 42.2 Å². The first-order valence-electron chi connectivity index (χ1n) is 8.17. The molecule has 1 aromatic carbocycles. The number of carbonyl (C=O) groups excluding carboxylic acids is 2. The predicted molar refractivity (Wildman–Crippen MR) is 89.9 cm³/mol. The fourth-order valence-corrected chi connectivity index (χ4v) is 3.57. The van der Waals surface area contributed by atoms with Crippen LogP contribution in [0.25, 0.3) is 6.08 Å². The number of ether oxygens (including phenoxy) is 1. The van der Waals surface area contributed by atoms with E-state index in [1.807, 2.05) is 0 Å². The first-order valence-corrected chi connectivity index (χ1v) is 8.17. The number of nitrogens with zero attached hydrogens (tertiary/aromatic N) is 1. The molecule has 0 saturated heterocycles. The molecule has 5 heteroatoms. The smallest absolute Gasteiger partial charge is 0.340 e. The molecule has 0 aromatic heterocycles. The van der Waals surface area contributed by atoms with Crippen LogP contribution in [-0.2, 0) is 14.3 Å². The van der Waals surface area contributed by atoms with Gasteiger partial charge in [0.1, 0.15) is 5.75 Å². The number of para-hydroxylation sites is 1. The molecule has 1 saturated carbocycles. The number of hydrogen-bond acceptors (Lipinski definition) is 4. The Bertz CT molecular complexity index is 741. The molecule has 3 rings (SSSR count). The standard InChI is InChI=1S/C19H21NO4/c1-12-17(19(23)24-2)15(11-13-7-3-6-10-16(13)21)18(22)20(12)14-8-4-5-9-14/h3,6-7,10-11,14,21H,4-5,8-9H2,1-2H3. The van der Waals surface area contributed by atoms with Crippen molar-refractivity contribution in [2.24, 2.45) is 0 Å². The highest BCUT2D eigenvalue weighted by Crippen LogP contribution is 2.37. The van der Waals surface area contributed by atoms with Crippen LogP contribution in [0, 0.1) is 0 Å². The van der Waals surface area contributed by atoms with Crippen molar-refractivity contribution in [3.63, 3.8) is 0 Å². The van der Waals surface area contributed by atoms with Gasteiger partial charge in [-0.25, -0.2) is 4.79 Å². The molecule has 1 amide bonds. The Balaban J connectivity index is 2.08.